The van der Waals surface area contributed by atoms with Crippen LogP contribution in [0.25, 0.3) is 6.08 Å². The van der Waals surface area contributed by atoms with E-state index in [-0.39, 0.29) is 11.5 Å². The van der Waals surface area contributed by atoms with E-state index >= 15 is 0 Å². The molecule has 1 aliphatic rings. The number of amides is 1. The first-order valence-corrected chi connectivity index (χ1v) is 6.80. The van der Waals surface area contributed by atoms with Crippen molar-refractivity contribution in [2.45, 2.75) is 0 Å². The quantitative estimate of drug-likeness (QED) is 0.795. The molecule has 6 heteroatoms. The number of hydrogen-bond acceptors (Lipinski definition) is 2. The number of alkyl halides is 1. The van der Waals surface area contributed by atoms with Gasteiger partial charge in [0.2, 0.25) is 5.91 Å². The van der Waals surface area contributed by atoms with Crippen molar-refractivity contribution in [3.8, 4) is 0 Å². The minimum absolute atomic E-state index is 0.0411. The molecule has 0 saturated carbocycles. The van der Waals surface area contributed by atoms with E-state index in [2.05, 4.69) is 0 Å². The van der Waals surface area contributed by atoms with Crippen molar-refractivity contribution in [2.75, 3.05) is 39.4 Å². The molecule has 0 unspecified atom stereocenters. The van der Waals surface area contributed by atoms with Crippen LogP contribution in [0.4, 0.5) is 13.2 Å². The summed E-state index contributed by atoms with van der Waals surface area (Å²) in [4.78, 5) is 15.5. The van der Waals surface area contributed by atoms with Crippen LogP contribution in [0, 0.1) is 11.6 Å². The average Bonchev–Trinajstić information content (AvgIpc) is 2.49. The van der Waals surface area contributed by atoms with Crippen molar-refractivity contribution in [1.29, 1.82) is 0 Å². The maximum Gasteiger partial charge on any atom is 0.246 e. The molecule has 0 aromatic heterocycles. The third-order valence-electron chi connectivity index (χ3n) is 3.45. The molecule has 0 bridgehead atoms. The summed E-state index contributed by atoms with van der Waals surface area (Å²) in [5.41, 5.74) is 0.0411. The summed E-state index contributed by atoms with van der Waals surface area (Å²) in [6.45, 7) is 2.25. The molecule has 0 atom stereocenters. The molecule has 2 rings (SSSR count). The second-order valence-electron chi connectivity index (χ2n) is 4.86. The van der Waals surface area contributed by atoms with Gasteiger partial charge in [0, 0.05) is 44.4 Å². The van der Waals surface area contributed by atoms with E-state index in [1.165, 1.54) is 12.2 Å². The van der Waals surface area contributed by atoms with Crippen LogP contribution in [0.15, 0.2) is 24.3 Å². The number of halogens is 3. The van der Waals surface area contributed by atoms with Gasteiger partial charge in [0.1, 0.15) is 18.3 Å². The number of nitrogens with zero attached hydrogens (tertiary/aromatic N) is 2. The van der Waals surface area contributed by atoms with Crippen molar-refractivity contribution >= 4 is 12.0 Å². The summed E-state index contributed by atoms with van der Waals surface area (Å²) >= 11 is 0. The van der Waals surface area contributed by atoms with Crippen LogP contribution in [0.5, 0.6) is 0 Å². The molecule has 1 aromatic rings. The van der Waals surface area contributed by atoms with Gasteiger partial charge < -0.3 is 4.90 Å². The Balaban J connectivity index is 1.93. The van der Waals surface area contributed by atoms with Crippen molar-refractivity contribution < 1.29 is 18.0 Å². The van der Waals surface area contributed by atoms with Crippen molar-refractivity contribution in [1.82, 2.24) is 9.80 Å². The summed E-state index contributed by atoms with van der Waals surface area (Å²) < 4.78 is 38.6. The standard InChI is InChI=1S/C15H17F3N2O/c16-5-6-19-7-9-20(10-8-19)15(21)4-1-12-11-13(17)2-3-14(12)18/h1-4,11H,5-10H2/b4-1+. The van der Waals surface area contributed by atoms with Crippen LogP contribution >= 0.6 is 0 Å². The van der Waals surface area contributed by atoms with E-state index in [0.29, 0.717) is 32.7 Å². The first kappa shape index (κ1) is 15.6. The van der Waals surface area contributed by atoms with E-state index < -0.39 is 18.3 Å². The molecule has 1 amide bonds. The Kier molecular flexibility index (Phi) is 5.38. The van der Waals surface area contributed by atoms with Crippen LogP contribution in [0.3, 0.4) is 0 Å². The Hall–Kier alpha value is -1.82. The molecule has 1 fully saturated rings. The molecule has 1 aliphatic heterocycles. The molecular formula is C15H17F3N2O. The average molecular weight is 298 g/mol. The Morgan fingerprint density at radius 3 is 2.57 bits per heavy atom. The van der Waals surface area contributed by atoms with E-state index in [4.69, 9.17) is 0 Å². The van der Waals surface area contributed by atoms with Gasteiger partial charge in [-0.15, -0.1) is 0 Å². The Morgan fingerprint density at radius 1 is 1.19 bits per heavy atom. The molecule has 3 nitrogen and oxygen atoms in total. The summed E-state index contributed by atoms with van der Waals surface area (Å²) in [5.74, 6) is -1.38. The van der Waals surface area contributed by atoms with Crippen molar-refractivity contribution in [3.05, 3.63) is 41.5 Å². The third kappa shape index (κ3) is 4.32. The van der Waals surface area contributed by atoms with Crippen molar-refractivity contribution in [3.63, 3.8) is 0 Å². The van der Waals surface area contributed by atoms with Gasteiger partial charge in [-0.05, 0) is 24.3 Å². The predicted octanol–water partition coefficient (Wildman–Crippen LogP) is 2.09. The minimum Gasteiger partial charge on any atom is -0.337 e. The number of carbonyl (C=O) groups is 1. The number of hydrogen-bond donors (Lipinski definition) is 0. The molecule has 21 heavy (non-hydrogen) atoms. The second kappa shape index (κ2) is 7.26. The number of benzene rings is 1. The zero-order valence-corrected chi connectivity index (χ0v) is 11.6. The molecule has 1 aromatic carbocycles. The van der Waals surface area contributed by atoms with Gasteiger partial charge in [-0.3, -0.25) is 9.69 Å². The molecule has 0 spiro atoms. The lowest BCUT2D eigenvalue weighted by atomic mass is 10.2. The molecule has 0 radical (unpaired) electrons. The SMILES string of the molecule is O=C(/C=C/c1cc(F)ccc1F)N1CCN(CCF)CC1. The monoisotopic (exact) mass is 298 g/mol. The zero-order valence-electron chi connectivity index (χ0n) is 11.6. The minimum atomic E-state index is -0.576. The van der Waals surface area contributed by atoms with E-state index in [1.54, 1.807) is 4.90 Å². The van der Waals surface area contributed by atoms with Gasteiger partial charge >= 0.3 is 0 Å². The third-order valence-corrected chi connectivity index (χ3v) is 3.45. The molecule has 0 N–H and O–H groups in total. The smallest absolute Gasteiger partial charge is 0.246 e. The lowest BCUT2D eigenvalue weighted by molar-refractivity contribution is -0.127. The molecule has 1 saturated heterocycles. The van der Waals surface area contributed by atoms with E-state index in [9.17, 15) is 18.0 Å². The highest BCUT2D eigenvalue weighted by atomic mass is 19.1. The summed E-state index contributed by atoms with van der Waals surface area (Å²) in [6, 6.07) is 3.09. The topological polar surface area (TPSA) is 23.6 Å². The summed E-state index contributed by atoms with van der Waals surface area (Å²) in [7, 11) is 0. The maximum atomic E-state index is 13.4. The molecule has 0 aliphatic carbocycles. The fraction of sp³-hybridized carbons (Fsp3) is 0.400. The fourth-order valence-corrected chi connectivity index (χ4v) is 2.22. The van der Waals surface area contributed by atoms with Gasteiger partial charge in [0.25, 0.3) is 0 Å². The number of rotatable bonds is 4. The van der Waals surface area contributed by atoms with Crippen LogP contribution in [0.2, 0.25) is 0 Å². The van der Waals surface area contributed by atoms with E-state index in [1.807, 2.05) is 4.90 Å². The highest BCUT2D eigenvalue weighted by molar-refractivity contribution is 5.91. The molecule has 114 valence electrons. The summed E-state index contributed by atoms with van der Waals surface area (Å²) in [6.07, 6.45) is 2.51. The van der Waals surface area contributed by atoms with Crippen LogP contribution in [0.1, 0.15) is 5.56 Å². The second-order valence-corrected chi connectivity index (χ2v) is 4.86. The number of carbonyl (C=O) groups excluding carboxylic acids is 1. The lowest BCUT2D eigenvalue weighted by Gasteiger charge is -2.33. The lowest BCUT2D eigenvalue weighted by Crippen LogP contribution is -2.48. The van der Waals surface area contributed by atoms with Gasteiger partial charge in [0.15, 0.2) is 0 Å². The molecular weight excluding hydrogens is 281 g/mol. The Bertz CT molecular complexity index is 526. The zero-order chi connectivity index (χ0) is 15.2. The van der Waals surface area contributed by atoms with E-state index in [0.717, 1.165) is 18.2 Å². The predicted molar refractivity (Wildman–Crippen MR) is 74.4 cm³/mol. The van der Waals surface area contributed by atoms with Gasteiger partial charge in [-0.25, -0.2) is 13.2 Å². The van der Waals surface area contributed by atoms with Gasteiger partial charge in [-0.2, -0.15) is 0 Å². The maximum absolute atomic E-state index is 13.4. The fourth-order valence-electron chi connectivity index (χ4n) is 2.22. The van der Waals surface area contributed by atoms with Gasteiger partial charge in [0.05, 0.1) is 0 Å². The first-order chi connectivity index (χ1) is 10.1. The Labute approximate surface area is 121 Å². The first-order valence-electron chi connectivity index (χ1n) is 6.80. The van der Waals surface area contributed by atoms with Crippen LogP contribution < -0.4 is 0 Å². The number of piperazine rings is 1. The van der Waals surface area contributed by atoms with Crippen molar-refractivity contribution in [2.24, 2.45) is 0 Å². The largest absolute Gasteiger partial charge is 0.337 e. The highest BCUT2D eigenvalue weighted by Gasteiger charge is 2.19. The summed E-state index contributed by atoms with van der Waals surface area (Å²) in [5, 5.41) is 0. The van der Waals surface area contributed by atoms with Crippen LogP contribution in [-0.2, 0) is 4.79 Å². The molecule has 1 heterocycles. The highest BCUT2D eigenvalue weighted by Crippen LogP contribution is 2.12. The van der Waals surface area contributed by atoms with Gasteiger partial charge in [-0.1, -0.05) is 0 Å². The normalized spacial score (nSPS) is 16.6. The Morgan fingerprint density at radius 2 is 1.90 bits per heavy atom. The van der Waals surface area contributed by atoms with Crippen LogP contribution in [-0.4, -0.2) is 55.1 Å².